The topological polar surface area (TPSA) is 96.4 Å². The molecular weight excluding hydrogens is 446 g/mol. The van der Waals surface area contributed by atoms with Crippen LogP contribution in [0.1, 0.15) is 12.0 Å². The Bertz CT molecular complexity index is 1260. The smallest absolute Gasteiger partial charge is 0.231 e. The highest BCUT2D eigenvalue weighted by Gasteiger charge is 2.34. The van der Waals surface area contributed by atoms with Crippen LogP contribution in [-0.2, 0) is 26.0 Å². The average molecular weight is 464 g/mol. The van der Waals surface area contributed by atoms with Crippen molar-refractivity contribution in [1.82, 2.24) is 9.88 Å². The Morgan fingerprint density at radius 3 is 2.80 bits per heavy atom. The number of halogens is 1. The van der Waals surface area contributed by atoms with Gasteiger partial charge < -0.3 is 10.2 Å². The molecule has 0 radical (unpaired) electrons. The first-order valence-corrected chi connectivity index (χ1v) is 12.2. The van der Waals surface area contributed by atoms with Crippen molar-refractivity contribution in [2.24, 2.45) is 5.92 Å². The number of sulfone groups is 1. The number of hydrogen-bond acceptors (Lipinski definition) is 6. The molecule has 10 heteroatoms. The van der Waals surface area contributed by atoms with Crippen LogP contribution in [0, 0.1) is 5.92 Å². The molecule has 0 bridgehead atoms. The summed E-state index contributed by atoms with van der Waals surface area (Å²) in [6, 6.07) is 12.0. The van der Waals surface area contributed by atoms with Crippen LogP contribution in [-0.4, -0.2) is 42.9 Å². The average Bonchev–Trinajstić information content (AvgIpc) is 3.25. The van der Waals surface area contributed by atoms with Gasteiger partial charge in [0.25, 0.3) is 0 Å². The van der Waals surface area contributed by atoms with Gasteiger partial charge in [-0.3, -0.25) is 9.59 Å². The summed E-state index contributed by atoms with van der Waals surface area (Å²) >= 11 is 7.37. The third-order valence-electron chi connectivity index (χ3n) is 4.92. The van der Waals surface area contributed by atoms with E-state index in [1.165, 1.54) is 17.4 Å². The van der Waals surface area contributed by atoms with Gasteiger partial charge in [0.05, 0.1) is 21.0 Å². The number of carbonyl (C=O) groups is 2. The van der Waals surface area contributed by atoms with Crippen LogP contribution >= 0.6 is 22.9 Å². The molecule has 3 aromatic rings. The van der Waals surface area contributed by atoms with Gasteiger partial charge in [-0.05, 0) is 29.8 Å². The first kappa shape index (κ1) is 20.8. The van der Waals surface area contributed by atoms with E-state index in [0.29, 0.717) is 33.5 Å². The molecule has 0 unspecified atom stereocenters. The monoisotopic (exact) mass is 463 g/mol. The summed E-state index contributed by atoms with van der Waals surface area (Å²) in [5.41, 5.74) is 1.44. The van der Waals surface area contributed by atoms with Gasteiger partial charge in [-0.15, -0.1) is 0 Å². The fraction of sp³-hybridized carbons (Fsp3) is 0.250. The lowest BCUT2D eigenvalue weighted by molar-refractivity contribution is -0.128. The summed E-state index contributed by atoms with van der Waals surface area (Å²) in [4.78, 5) is 31.2. The molecule has 1 atom stereocenters. The third-order valence-corrected chi connectivity index (χ3v) is 7.34. The molecule has 1 N–H and O–H groups in total. The molecule has 156 valence electrons. The number of thiazole rings is 1. The lowest BCUT2D eigenvalue weighted by Crippen LogP contribution is -2.28. The Morgan fingerprint density at radius 2 is 2.07 bits per heavy atom. The van der Waals surface area contributed by atoms with Crippen molar-refractivity contribution in [2.75, 3.05) is 18.1 Å². The zero-order valence-corrected chi connectivity index (χ0v) is 18.4. The van der Waals surface area contributed by atoms with Crippen LogP contribution in [0.2, 0.25) is 5.02 Å². The number of fused-ring (bicyclic) bond motifs is 1. The second-order valence-corrected chi connectivity index (χ2v) is 10.6. The Morgan fingerprint density at radius 1 is 1.30 bits per heavy atom. The van der Waals surface area contributed by atoms with Crippen LogP contribution in [0.4, 0.5) is 5.13 Å². The van der Waals surface area contributed by atoms with Gasteiger partial charge in [0, 0.05) is 30.8 Å². The molecular formula is C20H18ClN3O4S2. The highest BCUT2D eigenvalue weighted by Crippen LogP contribution is 2.30. The molecule has 1 aliphatic heterocycles. The highest BCUT2D eigenvalue weighted by atomic mass is 35.5. The minimum Gasteiger partial charge on any atom is -0.337 e. The first-order valence-electron chi connectivity index (χ1n) is 9.13. The molecule has 30 heavy (non-hydrogen) atoms. The third kappa shape index (κ3) is 4.33. The number of nitrogens with one attached hydrogen (secondary N) is 1. The van der Waals surface area contributed by atoms with Crippen molar-refractivity contribution >= 4 is 59.9 Å². The maximum atomic E-state index is 12.7. The van der Waals surface area contributed by atoms with Gasteiger partial charge in [-0.1, -0.05) is 41.1 Å². The molecule has 7 nitrogen and oxygen atoms in total. The number of hydrogen-bond donors (Lipinski definition) is 1. The van der Waals surface area contributed by atoms with E-state index in [-0.39, 0.29) is 23.1 Å². The SMILES string of the molecule is CS(=O)(=O)c1ccc2nc(NC(=O)[C@@H]3CC(=O)N(Cc4ccccc4Cl)C3)sc2c1. The second-order valence-electron chi connectivity index (χ2n) is 7.18. The molecule has 2 aromatic carbocycles. The van der Waals surface area contributed by atoms with Gasteiger partial charge in [0.2, 0.25) is 11.8 Å². The Balaban J connectivity index is 1.45. The number of nitrogens with zero attached hydrogens (tertiary/aromatic N) is 2. The van der Waals surface area contributed by atoms with Gasteiger partial charge in [0.15, 0.2) is 15.0 Å². The highest BCUT2D eigenvalue weighted by molar-refractivity contribution is 7.90. The summed E-state index contributed by atoms with van der Waals surface area (Å²) in [5, 5.41) is 3.72. The second kappa shape index (κ2) is 7.98. The molecule has 0 spiro atoms. The summed E-state index contributed by atoms with van der Waals surface area (Å²) < 4.78 is 24.1. The van der Waals surface area contributed by atoms with Crippen LogP contribution in [0.25, 0.3) is 10.2 Å². The molecule has 0 saturated carbocycles. The Hall–Kier alpha value is -2.49. The van der Waals surface area contributed by atoms with Gasteiger partial charge in [-0.25, -0.2) is 13.4 Å². The molecule has 1 aliphatic rings. The minimum absolute atomic E-state index is 0.0998. The zero-order valence-electron chi connectivity index (χ0n) is 16.0. The van der Waals surface area contributed by atoms with Crippen molar-refractivity contribution < 1.29 is 18.0 Å². The van der Waals surface area contributed by atoms with E-state index >= 15 is 0 Å². The summed E-state index contributed by atoms with van der Waals surface area (Å²) in [6.07, 6.45) is 1.27. The van der Waals surface area contributed by atoms with Gasteiger partial charge in [-0.2, -0.15) is 0 Å². The van der Waals surface area contributed by atoms with E-state index < -0.39 is 15.8 Å². The van der Waals surface area contributed by atoms with E-state index in [9.17, 15) is 18.0 Å². The quantitative estimate of drug-likeness (QED) is 0.626. The van der Waals surface area contributed by atoms with Crippen molar-refractivity contribution in [2.45, 2.75) is 17.9 Å². The molecule has 2 amide bonds. The number of carbonyl (C=O) groups excluding carboxylic acids is 2. The number of anilines is 1. The van der Waals surface area contributed by atoms with Crippen LogP contribution < -0.4 is 5.32 Å². The van der Waals surface area contributed by atoms with E-state index in [0.717, 1.165) is 11.8 Å². The number of likely N-dealkylation sites (tertiary alicyclic amines) is 1. The standard InChI is InChI=1S/C20H18ClN3O4S2/c1-30(27,28)14-6-7-16-17(9-14)29-20(22-16)23-19(26)13-8-18(25)24(11-13)10-12-4-2-3-5-15(12)21/h2-7,9,13H,8,10-11H2,1H3,(H,22,23,26)/t13-/m1/s1. The molecule has 4 rings (SSSR count). The van der Waals surface area contributed by atoms with E-state index in [1.54, 1.807) is 23.1 Å². The predicted molar refractivity (Wildman–Crippen MR) is 116 cm³/mol. The maximum Gasteiger partial charge on any atom is 0.231 e. The number of amides is 2. The van der Waals surface area contributed by atoms with Crippen LogP contribution in [0.15, 0.2) is 47.4 Å². The summed E-state index contributed by atoms with van der Waals surface area (Å²) in [6.45, 7) is 0.663. The first-order chi connectivity index (χ1) is 14.2. The van der Waals surface area contributed by atoms with Crippen LogP contribution in [0.3, 0.4) is 0 Å². The number of aromatic nitrogens is 1. The van der Waals surface area contributed by atoms with Crippen molar-refractivity contribution in [3.63, 3.8) is 0 Å². The summed E-state index contributed by atoms with van der Waals surface area (Å²) in [7, 11) is -3.32. The maximum absolute atomic E-state index is 12.7. The van der Waals surface area contributed by atoms with Gasteiger partial charge >= 0.3 is 0 Å². The minimum atomic E-state index is -3.32. The number of rotatable bonds is 5. The lowest BCUT2D eigenvalue weighted by Gasteiger charge is -2.17. The molecule has 1 fully saturated rings. The molecule has 1 saturated heterocycles. The largest absolute Gasteiger partial charge is 0.337 e. The number of benzene rings is 2. The molecule has 2 heterocycles. The fourth-order valence-electron chi connectivity index (χ4n) is 3.33. The van der Waals surface area contributed by atoms with Crippen molar-refractivity contribution in [3.05, 3.63) is 53.1 Å². The normalized spacial score (nSPS) is 16.9. The zero-order chi connectivity index (χ0) is 21.5. The molecule has 0 aliphatic carbocycles. The van der Waals surface area contributed by atoms with E-state index in [1.807, 2.05) is 18.2 Å². The molecule has 1 aromatic heterocycles. The predicted octanol–water partition coefficient (Wildman–Crippen LogP) is 3.34. The van der Waals surface area contributed by atoms with Crippen molar-refractivity contribution in [1.29, 1.82) is 0 Å². The van der Waals surface area contributed by atoms with Crippen molar-refractivity contribution in [3.8, 4) is 0 Å². The lowest BCUT2D eigenvalue weighted by atomic mass is 10.1. The summed E-state index contributed by atoms with van der Waals surface area (Å²) in [5.74, 6) is -0.872. The Labute approximate surface area is 182 Å². The fourth-order valence-corrected chi connectivity index (χ4v) is 5.15. The van der Waals surface area contributed by atoms with Crippen LogP contribution in [0.5, 0.6) is 0 Å². The van der Waals surface area contributed by atoms with E-state index in [2.05, 4.69) is 10.3 Å². The van der Waals surface area contributed by atoms with E-state index in [4.69, 9.17) is 11.6 Å². The Kier molecular flexibility index (Phi) is 5.52. The van der Waals surface area contributed by atoms with Gasteiger partial charge in [0.1, 0.15) is 0 Å².